The van der Waals surface area contributed by atoms with Gasteiger partial charge in [0.25, 0.3) is 0 Å². The number of sulfone groups is 1. The third kappa shape index (κ3) is 4.26. The molecule has 0 aliphatic carbocycles. The molecule has 0 aromatic carbocycles. The minimum Gasteiger partial charge on any atom is -0.480 e. The van der Waals surface area contributed by atoms with Gasteiger partial charge in [0.15, 0.2) is 9.84 Å². The van der Waals surface area contributed by atoms with Crippen molar-refractivity contribution in [1.29, 1.82) is 0 Å². The maximum atomic E-state index is 12.0. The molecule has 2 N–H and O–H groups in total. The second kappa shape index (κ2) is 6.14. The molecule has 7 nitrogen and oxygen atoms in total. The largest absolute Gasteiger partial charge is 0.480 e. The lowest BCUT2D eigenvalue weighted by molar-refractivity contribution is -0.140. The van der Waals surface area contributed by atoms with Crippen LogP contribution in [-0.2, 0) is 24.2 Å². The van der Waals surface area contributed by atoms with Crippen LogP contribution in [0.3, 0.4) is 0 Å². The minimum atomic E-state index is -3.55. The Labute approximate surface area is 105 Å². The van der Waals surface area contributed by atoms with Crippen LogP contribution in [0, 0.1) is 0 Å². The molecule has 1 fully saturated rings. The molecule has 8 heteroatoms. The second-order valence-corrected chi connectivity index (χ2v) is 6.56. The van der Waals surface area contributed by atoms with Crippen molar-refractivity contribution in [3.05, 3.63) is 0 Å². The van der Waals surface area contributed by atoms with Crippen molar-refractivity contribution in [3.8, 4) is 0 Å². The highest BCUT2D eigenvalue weighted by Crippen LogP contribution is 2.17. The summed E-state index contributed by atoms with van der Waals surface area (Å²) < 4.78 is 29.1. The van der Waals surface area contributed by atoms with E-state index in [4.69, 9.17) is 9.84 Å². The van der Waals surface area contributed by atoms with E-state index < -0.39 is 38.8 Å². The zero-order valence-corrected chi connectivity index (χ0v) is 10.9. The van der Waals surface area contributed by atoms with Gasteiger partial charge in [-0.15, -0.1) is 0 Å². The Kier molecular flexibility index (Phi) is 5.09. The molecule has 1 atom stereocenters. The van der Waals surface area contributed by atoms with E-state index in [1.165, 1.54) is 0 Å². The predicted octanol–water partition coefficient (Wildman–Crippen LogP) is -0.830. The average Bonchev–Trinajstić information content (AvgIpc) is 2.28. The molecule has 0 radical (unpaired) electrons. The van der Waals surface area contributed by atoms with Gasteiger partial charge in [0.1, 0.15) is 6.04 Å². The van der Waals surface area contributed by atoms with E-state index in [9.17, 15) is 18.0 Å². The highest BCUT2D eigenvalue weighted by Gasteiger charge is 2.33. The molecule has 1 aliphatic rings. The topological polar surface area (TPSA) is 110 Å². The number of carboxylic acid groups (broad SMARTS) is 1. The summed E-state index contributed by atoms with van der Waals surface area (Å²) in [5.41, 5.74) is 0. The number of carbonyl (C=O) groups is 2. The monoisotopic (exact) mass is 279 g/mol. The summed E-state index contributed by atoms with van der Waals surface area (Å²) in [7, 11) is -3.55. The predicted molar refractivity (Wildman–Crippen MR) is 62.9 cm³/mol. The fourth-order valence-electron chi connectivity index (χ4n) is 1.82. The molecule has 1 heterocycles. The van der Waals surface area contributed by atoms with Crippen LogP contribution in [0.2, 0.25) is 0 Å². The van der Waals surface area contributed by atoms with Crippen LogP contribution in [0.25, 0.3) is 0 Å². The number of hydrogen-bond acceptors (Lipinski definition) is 5. The van der Waals surface area contributed by atoms with Crippen LogP contribution in [-0.4, -0.2) is 55.7 Å². The first kappa shape index (κ1) is 14.9. The molecule has 1 aliphatic heterocycles. The van der Waals surface area contributed by atoms with Crippen molar-refractivity contribution in [3.63, 3.8) is 0 Å². The van der Waals surface area contributed by atoms with Gasteiger partial charge in [-0.05, 0) is 12.8 Å². The summed E-state index contributed by atoms with van der Waals surface area (Å²) in [6, 6.07) is -1.39. The van der Waals surface area contributed by atoms with Crippen molar-refractivity contribution in [2.45, 2.75) is 31.1 Å². The number of carbonyl (C=O) groups excluding carboxylic acids is 1. The lowest BCUT2D eigenvalue weighted by Crippen LogP contribution is -2.46. The first-order chi connectivity index (χ1) is 8.33. The fourth-order valence-corrected chi connectivity index (χ4v) is 3.70. The number of rotatable bonds is 5. The van der Waals surface area contributed by atoms with E-state index in [2.05, 4.69) is 5.32 Å². The lowest BCUT2D eigenvalue weighted by atomic mass is 10.2. The van der Waals surface area contributed by atoms with Gasteiger partial charge in [0.2, 0.25) is 5.91 Å². The number of nitrogens with one attached hydrogen (secondary N) is 1. The lowest BCUT2D eigenvalue weighted by Gasteiger charge is -2.23. The van der Waals surface area contributed by atoms with Crippen LogP contribution >= 0.6 is 0 Å². The third-order valence-corrected chi connectivity index (χ3v) is 5.04. The highest BCUT2D eigenvalue weighted by molar-refractivity contribution is 7.92. The standard InChI is InChI=1S/C10H17NO6S/c1-7(12)11-9(10(13)14)6-18(15,16)8-2-4-17-5-3-8/h8-9H,2-6H2,1H3,(H,11,12)(H,13,14)/t9-/m0/s1. The molecule has 0 saturated carbocycles. The van der Waals surface area contributed by atoms with Gasteiger partial charge in [-0.3, -0.25) is 4.79 Å². The van der Waals surface area contributed by atoms with Gasteiger partial charge in [0.05, 0.1) is 11.0 Å². The van der Waals surface area contributed by atoms with Gasteiger partial charge < -0.3 is 15.2 Å². The third-order valence-electron chi connectivity index (χ3n) is 2.75. The van der Waals surface area contributed by atoms with Crippen molar-refractivity contribution in [1.82, 2.24) is 5.32 Å². The second-order valence-electron chi connectivity index (χ2n) is 4.23. The van der Waals surface area contributed by atoms with Crippen molar-refractivity contribution in [2.75, 3.05) is 19.0 Å². The molecule has 18 heavy (non-hydrogen) atoms. The van der Waals surface area contributed by atoms with Crippen LogP contribution in [0.4, 0.5) is 0 Å². The molecular weight excluding hydrogens is 262 g/mol. The first-order valence-corrected chi connectivity index (χ1v) is 7.33. The maximum Gasteiger partial charge on any atom is 0.327 e. The number of amides is 1. The Morgan fingerprint density at radius 1 is 1.39 bits per heavy atom. The summed E-state index contributed by atoms with van der Waals surface area (Å²) in [5.74, 6) is -2.49. The highest BCUT2D eigenvalue weighted by atomic mass is 32.2. The van der Waals surface area contributed by atoms with Gasteiger partial charge in [-0.25, -0.2) is 13.2 Å². The molecule has 0 unspecified atom stereocenters. The molecular formula is C10H17NO6S. The molecule has 0 aromatic heterocycles. The summed E-state index contributed by atoms with van der Waals surface area (Å²) >= 11 is 0. The number of carboxylic acids is 1. The van der Waals surface area contributed by atoms with Crippen molar-refractivity contribution < 1.29 is 27.9 Å². The van der Waals surface area contributed by atoms with E-state index >= 15 is 0 Å². The van der Waals surface area contributed by atoms with E-state index in [1.54, 1.807) is 0 Å². The normalized spacial score (nSPS) is 19.2. The average molecular weight is 279 g/mol. The Hall–Kier alpha value is -1.15. The molecule has 0 bridgehead atoms. The Bertz CT molecular complexity index is 412. The smallest absolute Gasteiger partial charge is 0.327 e. The Morgan fingerprint density at radius 3 is 2.39 bits per heavy atom. The van der Waals surface area contributed by atoms with E-state index in [0.717, 1.165) is 6.92 Å². The summed E-state index contributed by atoms with van der Waals surface area (Å²) in [6.07, 6.45) is 0.740. The van der Waals surface area contributed by atoms with Crippen LogP contribution in [0.15, 0.2) is 0 Å². The maximum absolute atomic E-state index is 12.0. The van der Waals surface area contributed by atoms with E-state index in [0.29, 0.717) is 26.1 Å². The Balaban J connectivity index is 2.71. The molecule has 1 amide bonds. The Morgan fingerprint density at radius 2 is 1.94 bits per heavy atom. The molecule has 0 aromatic rings. The molecule has 0 spiro atoms. The van der Waals surface area contributed by atoms with Crippen LogP contribution < -0.4 is 5.32 Å². The van der Waals surface area contributed by atoms with Gasteiger partial charge in [-0.2, -0.15) is 0 Å². The van der Waals surface area contributed by atoms with Gasteiger partial charge >= 0.3 is 5.97 Å². The first-order valence-electron chi connectivity index (χ1n) is 5.62. The summed E-state index contributed by atoms with van der Waals surface area (Å²) in [6.45, 7) is 1.88. The zero-order chi connectivity index (χ0) is 13.8. The van der Waals surface area contributed by atoms with Crippen molar-refractivity contribution in [2.24, 2.45) is 0 Å². The van der Waals surface area contributed by atoms with Crippen molar-refractivity contribution >= 4 is 21.7 Å². The van der Waals surface area contributed by atoms with Gasteiger partial charge in [-0.1, -0.05) is 0 Å². The van der Waals surface area contributed by atoms with E-state index in [1.807, 2.05) is 0 Å². The van der Waals surface area contributed by atoms with Crippen LogP contribution in [0.1, 0.15) is 19.8 Å². The molecule has 1 rings (SSSR count). The minimum absolute atomic E-state index is 0.363. The molecule has 1 saturated heterocycles. The number of aliphatic carboxylic acids is 1. The summed E-state index contributed by atoms with van der Waals surface area (Å²) in [5, 5.41) is 10.4. The van der Waals surface area contributed by atoms with Crippen LogP contribution in [0.5, 0.6) is 0 Å². The number of ether oxygens (including phenoxy) is 1. The SMILES string of the molecule is CC(=O)N[C@@H](CS(=O)(=O)C1CCOCC1)C(=O)O. The fraction of sp³-hybridized carbons (Fsp3) is 0.800. The van der Waals surface area contributed by atoms with Gasteiger partial charge in [0, 0.05) is 20.1 Å². The summed E-state index contributed by atoms with van der Waals surface area (Å²) in [4.78, 5) is 21.7. The molecule has 104 valence electrons. The quantitative estimate of drug-likeness (QED) is 0.679. The zero-order valence-electron chi connectivity index (χ0n) is 10.1. The van der Waals surface area contributed by atoms with E-state index in [-0.39, 0.29) is 0 Å². The number of hydrogen-bond donors (Lipinski definition) is 2.